The second kappa shape index (κ2) is 8.27. The molecule has 1 aliphatic rings. The minimum atomic E-state index is -0.106. The number of benzene rings is 1. The van der Waals surface area contributed by atoms with Crippen molar-refractivity contribution in [3.05, 3.63) is 28.2 Å². The molecule has 0 bridgehead atoms. The fourth-order valence-corrected chi connectivity index (χ4v) is 3.50. The summed E-state index contributed by atoms with van der Waals surface area (Å²) >= 11 is 13.4. The fraction of sp³-hybridized carbons (Fsp3) is 0.400. The second-order valence-corrected chi connectivity index (χ2v) is 7.31. The zero-order valence-electron chi connectivity index (χ0n) is 13.2. The zero-order chi connectivity index (χ0) is 17.8. The highest BCUT2D eigenvalue weighted by molar-refractivity contribution is 7.99. The molecule has 134 valence electrons. The standard InChI is InChI=1S/C15H17Cl2N5O2S/c16-9-3-4-12(17)11(6-9)14-20-21-15(22(14)18)25-8-13(23)19-7-10-2-1-5-24-10/h3-4,6,10H,1-2,5,7-8,18H2,(H,19,23). The molecule has 25 heavy (non-hydrogen) atoms. The number of rotatable bonds is 6. The SMILES string of the molecule is Nn1c(SCC(=O)NCC2CCCO2)nnc1-c1cc(Cl)ccc1Cl. The summed E-state index contributed by atoms with van der Waals surface area (Å²) in [4.78, 5) is 11.9. The molecule has 3 rings (SSSR count). The van der Waals surface area contributed by atoms with Crippen LogP contribution in [0.25, 0.3) is 11.4 Å². The lowest BCUT2D eigenvalue weighted by atomic mass is 10.2. The molecule has 1 aromatic heterocycles. The number of hydrogen-bond donors (Lipinski definition) is 2. The molecule has 1 unspecified atom stereocenters. The molecule has 2 aromatic rings. The summed E-state index contributed by atoms with van der Waals surface area (Å²) in [5.74, 6) is 6.50. The van der Waals surface area contributed by atoms with Gasteiger partial charge in [-0.3, -0.25) is 4.79 Å². The van der Waals surface area contributed by atoms with Crippen molar-refractivity contribution in [3.8, 4) is 11.4 Å². The van der Waals surface area contributed by atoms with Gasteiger partial charge in [0.05, 0.1) is 16.9 Å². The van der Waals surface area contributed by atoms with Gasteiger partial charge in [-0.1, -0.05) is 35.0 Å². The molecule has 0 spiro atoms. The summed E-state index contributed by atoms with van der Waals surface area (Å²) in [6.07, 6.45) is 2.14. The number of ether oxygens (including phenoxy) is 1. The molecule has 1 aliphatic heterocycles. The molecular formula is C15H17Cl2N5O2S. The predicted molar refractivity (Wildman–Crippen MR) is 98.3 cm³/mol. The maximum Gasteiger partial charge on any atom is 0.230 e. The average Bonchev–Trinajstić information content (AvgIpc) is 3.23. The molecular weight excluding hydrogens is 385 g/mol. The smallest absolute Gasteiger partial charge is 0.230 e. The van der Waals surface area contributed by atoms with E-state index in [2.05, 4.69) is 15.5 Å². The molecule has 1 fully saturated rings. The van der Waals surface area contributed by atoms with Crippen molar-refractivity contribution in [1.29, 1.82) is 0 Å². The van der Waals surface area contributed by atoms with Gasteiger partial charge in [0.2, 0.25) is 11.1 Å². The summed E-state index contributed by atoms with van der Waals surface area (Å²) in [5.41, 5.74) is 0.582. The fourth-order valence-electron chi connectivity index (χ4n) is 2.44. The number of carbonyl (C=O) groups is 1. The van der Waals surface area contributed by atoms with Gasteiger partial charge >= 0.3 is 0 Å². The number of amides is 1. The number of carbonyl (C=O) groups excluding carboxylic acids is 1. The van der Waals surface area contributed by atoms with Gasteiger partial charge in [0, 0.05) is 23.7 Å². The summed E-state index contributed by atoms with van der Waals surface area (Å²) in [5, 5.41) is 12.3. The summed E-state index contributed by atoms with van der Waals surface area (Å²) in [6, 6.07) is 5.01. The van der Waals surface area contributed by atoms with Crippen molar-refractivity contribution in [2.75, 3.05) is 24.7 Å². The van der Waals surface area contributed by atoms with E-state index in [-0.39, 0.29) is 17.8 Å². The van der Waals surface area contributed by atoms with Crippen molar-refractivity contribution in [1.82, 2.24) is 20.2 Å². The van der Waals surface area contributed by atoms with Gasteiger partial charge < -0.3 is 15.9 Å². The molecule has 1 atom stereocenters. The normalized spacial score (nSPS) is 17.0. The van der Waals surface area contributed by atoms with E-state index in [4.69, 9.17) is 33.8 Å². The Hall–Kier alpha value is -1.48. The zero-order valence-corrected chi connectivity index (χ0v) is 15.6. The van der Waals surface area contributed by atoms with Crippen LogP contribution in [-0.2, 0) is 9.53 Å². The lowest BCUT2D eigenvalue weighted by Crippen LogP contribution is -2.33. The van der Waals surface area contributed by atoms with Gasteiger partial charge in [0.15, 0.2) is 5.82 Å². The average molecular weight is 402 g/mol. The van der Waals surface area contributed by atoms with E-state index >= 15 is 0 Å². The van der Waals surface area contributed by atoms with Crippen LogP contribution in [0.4, 0.5) is 0 Å². The largest absolute Gasteiger partial charge is 0.376 e. The Morgan fingerprint density at radius 3 is 3.04 bits per heavy atom. The van der Waals surface area contributed by atoms with E-state index in [0.717, 1.165) is 19.4 Å². The summed E-state index contributed by atoms with van der Waals surface area (Å²) in [6.45, 7) is 1.29. The molecule has 1 saturated heterocycles. The van der Waals surface area contributed by atoms with Gasteiger partial charge in [-0.15, -0.1) is 10.2 Å². The first-order valence-corrected chi connectivity index (χ1v) is 9.46. The third-order valence-electron chi connectivity index (χ3n) is 3.72. The quantitative estimate of drug-likeness (QED) is 0.569. The van der Waals surface area contributed by atoms with Crippen LogP contribution in [0, 0.1) is 0 Å². The molecule has 0 radical (unpaired) electrons. The van der Waals surface area contributed by atoms with Gasteiger partial charge in [-0.05, 0) is 31.0 Å². The predicted octanol–water partition coefficient (Wildman–Crippen LogP) is 2.35. The van der Waals surface area contributed by atoms with Crippen LogP contribution in [-0.4, -0.2) is 45.8 Å². The van der Waals surface area contributed by atoms with E-state index in [0.29, 0.717) is 33.1 Å². The van der Waals surface area contributed by atoms with Gasteiger partial charge in [-0.25, -0.2) is 4.68 Å². The lowest BCUT2D eigenvalue weighted by Gasteiger charge is -2.10. The van der Waals surface area contributed by atoms with Crippen LogP contribution in [0.15, 0.2) is 23.4 Å². The molecule has 0 saturated carbocycles. The number of nitrogen functional groups attached to an aromatic ring is 1. The Kier molecular flexibility index (Phi) is 6.06. The number of thioether (sulfide) groups is 1. The van der Waals surface area contributed by atoms with Crippen LogP contribution in [0.2, 0.25) is 10.0 Å². The number of nitrogens with two attached hydrogens (primary N) is 1. The Bertz CT molecular complexity index is 764. The number of nitrogens with one attached hydrogen (secondary N) is 1. The van der Waals surface area contributed by atoms with Crippen LogP contribution in [0.1, 0.15) is 12.8 Å². The molecule has 1 amide bonds. The van der Waals surface area contributed by atoms with Crippen molar-refractivity contribution < 1.29 is 9.53 Å². The third kappa shape index (κ3) is 4.58. The van der Waals surface area contributed by atoms with E-state index in [1.165, 1.54) is 16.4 Å². The number of halogens is 2. The first-order valence-electron chi connectivity index (χ1n) is 7.71. The van der Waals surface area contributed by atoms with Crippen molar-refractivity contribution in [2.45, 2.75) is 24.1 Å². The first-order chi connectivity index (χ1) is 12.0. The first kappa shape index (κ1) is 18.3. The van der Waals surface area contributed by atoms with E-state index in [1.807, 2.05) is 0 Å². The van der Waals surface area contributed by atoms with Crippen molar-refractivity contribution >= 4 is 40.9 Å². The van der Waals surface area contributed by atoms with E-state index < -0.39 is 0 Å². The maximum absolute atomic E-state index is 11.9. The Morgan fingerprint density at radius 1 is 1.44 bits per heavy atom. The Balaban J connectivity index is 1.59. The van der Waals surface area contributed by atoms with Crippen LogP contribution < -0.4 is 11.2 Å². The number of aromatic nitrogens is 3. The highest BCUT2D eigenvalue weighted by atomic mass is 35.5. The number of nitrogens with zero attached hydrogens (tertiary/aromatic N) is 3. The van der Waals surface area contributed by atoms with Gasteiger partial charge in [0.25, 0.3) is 0 Å². The van der Waals surface area contributed by atoms with E-state index in [9.17, 15) is 4.79 Å². The highest BCUT2D eigenvalue weighted by Crippen LogP contribution is 2.30. The van der Waals surface area contributed by atoms with Crippen LogP contribution in [0.5, 0.6) is 0 Å². The summed E-state index contributed by atoms with van der Waals surface area (Å²) in [7, 11) is 0. The molecule has 1 aromatic carbocycles. The molecule has 2 heterocycles. The second-order valence-electron chi connectivity index (χ2n) is 5.53. The minimum absolute atomic E-state index is 0.106. The third-order valence-corrected chi connectivity index (χ3v) is 5.22. The topological polar surface area (TPSA) is 95.1 Å². The van der Waals surface area contributed by atoms with Crippen molar-refractivity contribution in [3.63, 3.8) is 0 Å². The number of hydrogen-bond acceptors (Lipinski definition) is 6. The monoisotopic (exact) mass is 401 g/mol. The van der Waals surface area contributed by atoms with Crippen LogP contribution in [0.3, 0.4) is 0 Å². The molecule has 0 aliphatic carbocycles. The minimum Gasteiger partial charge on any atom is -0.376 e. The van der Waals surface area contributed by atoms with Crippen LogP contribution >= 0.6 is 35.0 Å². The molecule has 3 N–H and O–H groups in total. The maximum atomic E-state index is 11.9. The summed E-state index contributed by atoms with van der Waals surface area (Å²) < 4.78 is 6.77. The molecule has 10 heteroatoms. The van der Waals surface area contributed by atoms with Gasteiger partial charge in [0.1, 0.15) is 0 Å². The van der Waals surface area contributed by atoms with Crippen molar-refractivity contribution in [2.24, 2.45) is 0 Å². The Morgan fingerprint density at radius 2 is 2.28 bits per heavy atom. The van der Waals surface area contributed by atoms with E-state index in [1.54, 1.807) is 18.2 Å². The Labute approximate surface area is 159 Å². The van der Waals surface area contributed by atoms with Gasteiger partial charge in [-0.2, -0.15) is 0 Å². The highest BCUT2D eigenvalue weighted by Gasteiger charge is 2.18. The lowest BCUT2D eigenvalue weighted by molar-refractivity contribution is -0.119. The molecule has 7 nitrogen and oxygen atoms in total.